The van der Waals surface area contributed by atoms with Crippen molar-refractivity contribution in [3.05, 3.63) is 46.5 Å². The molecule has 0 spiro atoms. The number of benzene rings is 1. The fourth-order valence-electron chi connectivity index (χ4n) is 2.09. The first-order valence-corrected chi connectivity index (χ1v) is 9.06. The van der Waals surface area contributed by atoms with Crippen molar-refractivity contribution in [2.24, 2.45) is 5.92 Å². The minimum absolute atomic E-state index is 0.0210. The number of carboxylic acids is 1. The molecule has 2 N–H and O–H groups in total. The van der Waals surface area contributed by atoms with Crippen LogP contribution in [0.25, 0.3) is 6.08 Å². The fourth-order valence-corrected chi connectivity index (χ4v) is 2.74. The lowest BCUT2D eigenvalue weighted by molar-refractivity contribution is 0.0701. The van der Waals surface area contributed by atoms with Gasteiger partial charge in [-0.15, -0.1) is 0 Å². The summed E-state index contributed by atoms with van der Waals surface area (Å²) in [5.74, 6) is -0.464. The van der Waals surface area contributed by atoms with Crippen molar-refractivity contribution in [1.82, 2.24) is 4.98 Å². The minimum atomic E-state index is -1.07. The molecule has 0 aliphatic heterocycles. The molecule has 0 atom stereocenters. The van der Waals surface area contributed by atoms with Gasteiger partial charge >= 0.3 is 5.97 Å². The van der Waals surface area contributed by atoms with E-state index < -0.39 is 5.97 Å². The van der Waals surface area contributed by atoms with Gasteiger partial charge in [0.1, 0.15) is 10.6 Å². The van der Waals surface area contributed by atoms with Crippen molar-refractivity contribution in [3.8, 4) is 5.75 Å². The highest BCUT2D eigenvalue weighted by Gasteiger charge is 2.14. The Bertz CT molecular complexity index is 825. The molecule has 0 unspecified atom stereocenters. The van der Waals surface area contributed by atoms with E-state index in [-0.39, 0.29) is 22.0 Å². The van der Waals surface area contributed by atoms with Crippen molar-refractivity contribution in [2.45, 2.75) is 33.8 Å². The maximum absolute atomic E-state index is 12.6. The second kappa shape index (κ2) is 8.62. The van der Waals surface area contributed by atoms with E-state index in [1.54, 1.807) is 12.1 Å². The number of aromatic carboxylic acids is 1. The SMILES string of the molecule is CC(C)C=Cc1cc(OC(C)C)cc(C(=O)Nc2ncc(C(=O)O)s2)c1. The lowest BCUT2D eigenvalue weighted by atomic mass is 10.1. The number of allylic oxidation sites excluding steroid dienone is 1. The van der Waals surface area contributed by atoms with E-state index in [0.29, 0.717) is 17.2 Å². The van der Waals surface area contributed by atoms with Crippen LogP contribution in [0.15, 0.2) is 30.5 Å². The van der Waals surface area contributed by atoms with Crippen LogP contribution in [0.2, 0.25) is 0 Å². The van der Waals surface area contributed by atoms with Crippen LogP contribution in [0.3, 0.4) is 0 Å². The van der Waals surface area contributed by atoms with Crippen molar-refractivity contribution in [1.29, 1.82) is 0 Å². The Balaban J connectivity index is 2.28. The van der Waals surface area contributed by atoms with Crippen LogP contribution >= 0.6 is 11.3 Å². The Morgan fingerprint density at radius 2 is 1.96 bits per heavy atom. The molecule has 1 amide bonds. The van der Waals surface area contributed by atoms with Gasteiger partial charge in [-0.2, -0.15) is 0 Å². The molecule has 1 aromatic heterocycles. The quantitative estimate of drug-likeness (QED) is 0.742. The molecular weight excluding hydrogens is 352 g/mol. The molecule has 7 heteroatoms. The Kier molecular flexibility index (Phi) is 6.52. The summed E-state index contributed by atoms with van der Waals surface area (Å²) in [5.41, 5.74) is 1.27. The second-order valence-corrected chi connectivity index (χ2v) is 7.38. The standard InChI is InChI=1S/C19H22N2O4S/c1-11(2)5-6-13-7-14(9-15(8-13)25-12(3)4)17(22)21-19-20-10-16(26-19)18(23)24/h5-12H,1-4H3,(H,23,24)(H,20,21,22). The molecule has 1 aromatic carbocycles. The molecule has 6 nitrogen and oxygen atoms in total. The van der Waals surface area contributed by atoms with Gasteiger partial charge in [0, 0.05) is 5.56 Å². The largest absolute Gasteiger partial charge is 0.491 e. The summed E-state index contributed by atoms with van der Waals surface area (Å²) in [5, 5.41) is 11.8. The number of rotatable bonds is 7. The van der Waals surface area contributed by atoms with Crippen molar-refractivity contribution in [3.63, 3.8) is 0 Å². The molecule has 0 fully saturated rings. The number of carbonyl (C=O) groups excluding carboxylic acids is 1. The Hall–Kier alpha value is -2.67. The predicted molar refractivity (Wildman–Crippen MR) is 103 cm³/mol. The van der Waals surface area contributed by atoms with Crippen LogP contribution in [-0.4, -0.2) is 28.1 Å². The van der Waals surface area contributed by atoms with E-state index >= 15 is 0 Å². The van der Waals surface area contributed by atoms with E-state index in [2.05, 4.69) is 24.1 Å². The number of hydrogen-bond donors (Lipinski definition) is 2. The topological polar surface area (TPSA) is 88.5 Å². The molecule has 1 heterocycles. The molecule has 2 rings (SSSR count). The first-order valence-electron chi connectivity index (χ1n) is 8.25. The summed E-state index contributed by atoms with van der Waals surface area (Å²) >= 11 is 0.909. The van der Waals surface area contributed by atoms with Crippen LogP contribution < -0.4 is 10.1 Å². The molecule has 0 saturated heterocycles. The van der Waals surface area contributed by atoms with E-state index in [1.165, 1.54) is 6.20 Å². The summed E-state index contributed by atoms with van der Waals surface area (Å²) in [7, 11) is 0. The van der Waals surface area contributed by atoms with Crippen molar-refractivity contribution >= 4 is 34.4 Å². The minimum Gasteiger partial charge on any atom is -0.491 e. The van der Waals surface area contributed by atoms with E-state index in [4.69, 9.17) is 9.84 Å². The normalized spacial score (nSPS) is 11.3. The number of ether oxygens (including phenoxy) is 1. The lowest BCUT2D eigenvalue weighted by Gasteiger charge is -2.12. The van der Waals surface area contributed by atoms with Crippen LogP contribution in [0.4, 0.5) is 5.13 Å². The third-order valence-corrected chi connectivity index (χ3v) is 4.07. The van der Waals surface area contributed by atoms with Crippen molar-refractivity contribution in [2.75, 3.05) is 5.32 Å². The van der Waals surface area contributed by atoms with Gasteiger partial charge in [0.05, 0.1) is 12.3 Å². The van der Waals surface area contributed by atoms with Gasteiger partial charge in [0.25, 0.3) is 5.91 Å². The summed E-state index contributed by atoms with van der Waals surface area (Å²) in [6.45, 7) is 7.97. The number of nitrogens with zero attached hydrogens (tertiary/aromatic N) is 1. The van der Waals surface area contributed by atoms with Gasteiger partial charge in [0.2, 0.25) is 0 Å². The van der Waals surface area contributed by atoms with Crippen LogP contribution in [-0.2, 0) is 0 Å². The monoisotopic (exact) mass is 374 g/mol. The molecular formula is C19H22N2O4S. The van der Waals surface area contributed by atoms with Gasteiger partial charge in [-0.3, -0.25) is 10.1 Å². The molecule has 0 saturated carbocycles. The predicted octanol–water partition coefficient (Wildman–Crippen LogP) is 4.55. The third-order valence-electron chi connectivity index (χ3n) is 3.17. The van der Waals surface area contributed by atoms with Crippen molar-refractivity contribution < 1.29 is 19.4 Å². The number of aromatic nitrogens is 1. The molecule has 2 aromatic rings. The molecule has 0 radical (unpaired) electrons. The number of carbonyl (C=O) groups is 2. The van der Waals surface area contributed by atoms with Gasteiger partial charge in [-0.25, -0.2) is 9.78 Å². The summed E-state index contributed by atoms with van der Waals surface area (Å²) in [4.78, 5) is 27.5. The highest BCUT2D eigenvalue weighted by molar-refractivity contribution is 7.17. The number of nitrogens with one attached hydrogen (secondary N) is 1. The Morgan fingerprint density at radius 3 is 2.54 bits per heavy atom. The van der Waals surface area contributed by atoms with Crippen LogP contribution in [0.5, 0.6) is 5.75 Å². The van der Waals surface area contributed by atoms with Gasteiger partial charge in [-0.05, 0) is 43.5 Å². The molecule has 0 aliphatic carbocycles. The van der Waals surface area contributed by atoms with Gasteiger partial charge < -0.3 is 9.84 Å². The zero-order valence-corrected chi connectivity index (χ0v) is 16.0. The summed E-state index contributed by atoms with van der Waals surface area (Å²) < 4.78 is 5.73. The van der Waals surface area contributed by atoms with E-state index in [0.717, 1.165) is 16.9 Å². The number of amides is 1. The highest BCUT2D eigenvalue weighted by Crippen LogP contribution is 2.23. The number of carboxylic acid groups (broad SMARTS) is 1. The van der Waals surface area contributed by atoms with E-state index in [1.807, 2.05) is 32.1 Å². The van der Waals surface area contributed by atoms with Crippen LogP contribution in [0, 0.1) is 5.92 Å². The molecule has 0 aliphatic rings. The Labute approximate surface area is 156 Å². The smallest absolute Gasteiger partial charge is 0.347 e. The number of hydrogen-bond acceptors (Lipinski definition) is 5. The van der Waals surface area contributed by atoms with Gasteiger partial charge in [-0.1, -0.05) is 37.3 Å². The second-order valence-electron chi connectivity index (χ2n) is 6.35. The maximum Gasteiger partial charge on any atom is 0.347 e. The number of thiazole rings is 1. The Morgan fingerprint density at radius 1 is 1.23 bits per heavy atom. The molecule has 26 heavy (non-hydrogen) atoms. The van der Waals surface area contributed by atoms with E-state index in [9.17, 15) is 9.59 Å². The maximum atomic E-state index is 12.6. The first kappa shape index (κ1) is 19.7. The summed E-state index contributed by atoms with van der Waals surface area (Å²) in [6.07, 6.45) is 5.18. The fraction of sp³-hybridized carbons (Fsp3) is 0.316. The third kappa shape index (κ3) is 5.70. The molecule has 0 bridgehead atoms. The lowest BCUT2D eigenvalue weighted by Crippen LogP contribution is -2.13. The zero-order valence-electron chi connectivity index (χ0n) is 15.1. The van der Waals surface area contributed by atoms with Gasteiger partial charge in [0.15, 0.2) is 5.13 Å². The first-order chi connectivity index (χ1) is 12.2. The summed E-state index contributed by atoms with van der Waals surface area (Å²) in [6, 6.07) is 5.29. The highest BCUT2D eigenvalue weighted by atomic mass is 32.1. The number of anilines is 1. The van der Waals surface area contributed by atoms with Crippen LogP contribution in [0.1, 0.15) is 53.3 Å². The zero-order chi connectivity index (χ0) is 19.3. The average Bonchev–Trinajstić information content (AvgIpc) is 3.01. The molecule has 138 valence electrons. The average molecular weight is 374 g/mol.